The molecule has 0 aliphatic carbocycles. The van der Waals surface area contributed by atoms with Crippen LogP contribution in [0.4, 0.5) is 11.9 Å². The molecule has 2 rings (SSSR count). The van der Waals surface area contributed by atoms with Gasteiger partial charge in [-0.25, -0.2) is 5.10 Å². The molecule has 0 fully saturated rings. The Bertz CT molecular complexity index is 494. The number of nitrogens with zero attached hydrogens (tertiary/aromatic N) is 3. The number of halogens is 1. The van der Waals surface area contributed by atoms with Gasteiger partial charge in [0.2, 0.25) is 11.9 Å². The molecule has 1 aromatic carbocycles. The zero-order chi connectivity index (χ0) is 12.3. The molecular weight excluding hydrogens is 238 g/mol. The fourth-order valence-corrected chi connectivity index (χ4v) is 1.58. The Kier molecular flexibility index (Phi) is 3.49. The molecule has 0 bridgehead atoms. The van der Waals surface area contributed by atoms with Gasteiger partial charge in [-0.2, -0.15) is 4.98 Å². The molecule has 0 saturated carbocycles. The zero-order valence-corrected chi connectivity index (χ0v) is 10.5. The number of aromatic amines is 1. The van der Waals surface area contributed by atoms with Gasteiger partial charge in [0, 0.05) is 25.7 Å². The van der Waals surface area contributed by atoms with Crippen LogP contribution in [0.3, 0.4) is 0 Å². The monoisotopic (exact) mass is 251 g/mol. The number of anilines is 2. The summed E-state index contributed by atoms with van der Waals surface area (Å²) < 4.78 is 0. The van der Waals surface area contributed by atoms with Crippen molar-refractivity contribution in [1.82, 2.24) is 15.2 Å². The van der Waals surface area contributed by atoms with Crippen LogP contribution >= 0.6 is 11.6 Å². The predicted molar refractivity (Wildman–Crippen MR) is 69.5 cm³/mol. The van der Waals surface area contributed by atoms with E-state index in [9.17, 15) is 0 Å². The quantitative estimate of drug-likeness (QED) is 0.874. The van der Waals surface area contributed by atoms with Crippen LogP contribution in [0.25, 0.3) is 0 Å². The topological polar surface area (TPSA) is 56.8 Å². The van der Waals surface area contributed by atoms with E-state index in [0.717, 1.165) is 10.6 Å². The van der Waals surface area contributed by atoms with Crippen LogP contribution in [0.15, 0.2) is 24.3 Å². The van der Waals surface area contributed by atoms with Crippen molar-refractivity contribution in [2.75, 3.05) is 24.3 Å². The summed E-state index contributed by atoms with van der Waals surface area (Å²) in [7, 11) is 3.79. The van der Waals surface area contributed by atoms with Gasteiger partial charge in [0.25, 0.3) is 0 Å². The van der Waals surface area contributed by atoms with E-state index in [1.165, 1.54) is 0 Å². The first-order valence-electron chi connectivity index (χ1n) is 5.23. The van der Waals surface area contributed by atoms with Gasteiger partial charge in [-0.05, 0) is 17.7 Å². The first-order valence-corrected chi connectivity index (χ1v) is 5.61. The number of hydrogen-bond acceptors (Lipinski definition) is 4. The third-order valence-electron chi connectivity index (χ3n) is 2.22. The molecule has 0 aliphatic heterocycles. The third-order valence-corrected chi connectivity index (χ3v) is 2.46. The standard InChI is InChI=1S/C11H14ClN5/c1-17(2)11-14-10(15-16-11)13-7-8-4-3-5-9(12)6-8/h3-6H,7H2,1-2H3,(H2,13,14,15,16). The Morgan fingerprint density at radius 3 is 2.88 bits per heavy atom. The van der Waals surface area contributed by atoms with Crippen molar-refractivity contribution < 1.29 is 0 Å². The van der Waals surface area contributed by atoms with E-state index in [2.05, 4.69) is 20.5 Å². The summed E-state index contributed by atoms with van der Waals surface area (Å²) in [5.41, 5.74) is 1.10. The van der Waals surface area contributed by atoms with Crippen LogP contribution in [-0.4, -0.2) is 29.3 Å². The van der Waals surface area contributed by atoms with Crippen LogP contribution in [-0.2, 0) is 6.54 Å². The lowest BCUT2D eigenvalue weighted by Crippen LogP contribution is -2.10. The van der Waals surface area contributed by atoms with Gasteiger partial charge in [-0.1, -0.05) is 23.7 Å². The lowest BCUT2D eigenvalue weighted by atomic mass is 10.2. The van der Waals surface area contributed by atoms with E-state index in [0.29, 0.717) is 18.4 Å². The fraction of sp³-hybridized carbons (Fsp3) is 0.273. The Balaban J connectivity index is 1.97. The van der Waals surface area contributed by atoms with Crippen molar-refractivity contribution in [2.45, 2.75) is 6.54 Å². The SMILES string of the molecule is CN(C)c1n[nH]c(NCc2cccc(Cl)c2)n1. The smallest absolute Gasteiger partial charge is 0.245 e. The van der Waals surface area contributed by atoms with Crippen molar-refractivity contribution in [2.24, 2.45) is 0 Å². The molecule has 0 radical (unpaired) electrons. The van der Waals surface area contributed by atoms with E-state index in [4.69, 9.17) is 11.6 Å². The van der Waals surface area contributed by atoms with Crippen molar-refractivity contribution >= 4 is 23.5 Å². The Morgan fingerprint density at radius 1 is 1.41 bits per heavy atom. The van der Waals surface area contributed by atoms with Crippen LogP contribution in [0.1, 0.15) is 5.56 Å². The summed E-state index contributed by atoms with van der Waals surface area (Å²) in [5, 5.41) is 10.8. The van der Waals surface area contributed by atoms with E-state index in [-0.39, 0.29) is 0 Å². The minimum atomic E-state index is 0.647. The number of benzene rings is 1. The molecule has 0 saturated heterocycles. The highest BCUT2D eigenvalue weighted by Crippen LogP contribution is 2.12. The highest BCUT2D eigenvalue weighted by Gasteiger charge is 2.03. The molecule has 6 heteroatoms. The van der Waals surface area contributed by atoms with E-state index in [1.807, 2.05) is 43.3 Å². The average Bonchev–Trinajstić information content (AvgIpc) is 2.75. The van der Waals surface area contributed by atoms with E-state index < -0.39 is 0 Å². The summed E-state index contributed by atoms with van der Waals surface area (Å²) in [6, 6.07) is 7.69. The van der Waals surface area contributed by atoms with Crippen LogP contribution in [0, 0.1) is 0 Å². The summed E-state index contributed by atoms with van der Waals surface area (Å²) in [5.74, 6) is 1.30. The molecule has 0 spiro atoms. The lowest BCUT2D eigenvalue weighted by molar-refractivity contribution is 0.996. The van der Waals surface area contributed by atoms with Gasteiger partial charge < -0.3 is 10.2 Å². The summed E-state index contributed by atoms with van der Waals surface area (Å²) in [6.07, 6.45) is 0. The zero-order valence-electron chi connectivity index (χ0n) is 9.74. The second-order valence-corrected chi connectivity index (χ2v) is 4.30. The van der Waals surface area contributed by atoms with Crippen molar-refractivity contribution in [1.29, 1.82) is 0 Å². The average molecular weight is 252 g/mol. The molecule has 1 aromatic heterocycles. The van der Waals surface area contributed by atoms with Gasteiger partial charge >= 0.3 is 0 Å². The van der Waals surface area contributed by atoms with Gasteiger partial charge in [0.05, 0.1) is 0 Å². The fourth-order valence-electron chi connectivity index (χ4n) is 1.36. The van der Waals surface area contributed by atoms with Crippen LogP contribution < -0.4 is 10.2 Å². The Hall–Kier alpha value is -1.75. The van der Waals surface area contributed by atoms with Gasteiger partial charge in [-0.15, -0.1) is 5.10 Å². The maximum atomic E-state index is 5.90. The number of rotatable bonds is 4. The maximum absolute atomic E-state index is 5.90. The summed E-state index contributed by atoms with van der Waals surface area (Å²) >= 11 is 5.90. The molecule has 17 heavy (non-hydrogen) atoms. The van der Waals surface area contributed by atoms with E-state index in [1.54, 1.807) is 0 Å². The Morgan fingerprint density at radius 2 is 2.24 bits per heavy atom. The highest BCUT2D eigenvalue weighted by molar-refractivity contribution is 6.30. The molecular formula is C11H14ClN5. The molecule has 2 N–H and O–H groups in total. The summed E-state index contributed by atoms with van der Waals surface area (Å²) in [4.78, 5) is 6.10. The Labute approximate surface area is 105 Å². The molecule has 5 nitrogen and oxygen atoms in total. The minimum Gasteiger partial charge on any atom is -0.350 e. The molecule has 0 unspecified atom stereocenters. The first-order chi connectivity index (χ1) is 8.15. The second kappa shape index (κ2) is 5.05. The lowest BCUT2D eigenvalue weighted by Gasteiger charge is -2.04. The number of H-pyrrole nitrogens is 1. The number of aromatic nitrogens is 3. The number of nitrogens with one attached hydrogen (secondary N) is 2. The normalized spacial score (nSPS) is 10.3. The van der Waals surface area contributed by atoms with Gasteiger partial charge in [0.1, 0.15) is 0 Å². The molecule has 0 amide bonds. The molecule has 2 aromatic rings. The van der Waals surface area contributed by atoms with E-state index >= 15 is 0 Å². The second-order valence-electron chi connectivity index (χ2n) is 3.86. The van der Waals surface area contributed by atoms with Gasteiger partial charge in [-0.3, -0.25) is 0 Å². The predicted octanol–water partition coefficient (Wildman–Crippen LogP) is 2.14. The van der Waals surface area contributed by atoms with Crippen molar-refractivity contribution in [3.05, 3.63) is 34.9 Å². The van der Waals surface area contributed by atoms with Crippen molar-refractivity contribution in [3.8, 4) is 0 Å². The van der Waals surface area contributed by atoms with Crippen LogP contribution in [0.5, 0.6) is 0 Å². The van der Waals surface area contributed by atoms with Crippen LogP contribution in [0.2, 0.25) is 5.02 Å². The molecule has 90 valence electrons. The highest BCUT2D eigenvalue weighted by atomic mass is 35.5. The molecule has 1 heterocycles. The maximum Gasteiger partial charge on any atom is 0.245 e. The molecule has 0 aliphatic rings. The third kappa shape index (κ3) is 3.10. The molecule has 0 atom stereocenters. The largest absolute Gasteiger partial charge is 0.350 e. The number of hydrogen-bond donors (Lipinski definition) is 2. The van der Waals surface area contributed by atoms with Crippen molar-refractivity contribution in [3.63, 3.8) is 0 Å². The van der Waals surface area contributed by atoms with Gasteiger partial charge in [0.15, 0.2) is 0 Å². The first kappa shape index (κ1) is 11.7. The summed E-state index contributed by atoms with van der Waals surface area (Å²) in [6.45, 7) is 0.655. The minimum absolute atomic E-state index is 0.647.